The molecule has 2 aromatic heterocycles. The summed E-state index contributed by atoms with van der Waals surface area (Å²) in [6.45, 7) is 2.73. The van der Waals surface area contributed by atoms with Gasteiger partial charge in [-0.25, -0.2) is 4.68 Å². The van der Waals surface area contributed by atoms with Crippen LogP contribution in [0.1, 0.15) is 22.3 Å². The van der Waals surface area contributed by atoms with Gasteiger partial charge in [-0.2, -0.15) is 0 Å². The third-order valence-electron chi connectivity index (χ3n) is 3.82. The predicted molar refractivity (Wildman–Crippen MR) is 80.8 cm³/mol. The van der Waals surface area contributed by atoms with Gasteiger partial charge in [0, 0.05) is 18.0 Å². The Bertz CT molecular complexity index is 707. The molecule has 1 aromatic carbocycles. The largest absolute Gasteiger partial charge is 0.283 e. The van der Waals surface area contributed by atoms with Crippen LogP contribution in [0.25, 0.3) is 0 Å². The average molecular weight is 297 g/mol. The molecule has 1 unspecified atom stereocenters. The quantitative estimate of drug-likeness (QED) is 0.744. The molecule has 0 bridgehead atoms. The van der Waals surface area contributed by atoms with E-state index in [2.05, 4.69) is 62.2 Å². The van der Waals surface area contributed by atoms with Crippen molar-refractivity contribution >= 4 is 11.3 Å². The Morgan fingerprint density at radius 3 is 2.81 bits per heavy atom. The van der Waals surface area contributed by atoms with Crippen LogP contribution in [0.5, 0.6) is 0 Å². The second-order valence-corrected chi connectivity index (χ2v) is 6.16. The summed E-state index contributed by atoms with van der Waals surface area (Å²) in [6.07, 6.45) is 0. The van der Waals surface area contributed by atoms with Crippen molar-refractivity contribution in [2.24, 2.45) is 0 Å². The Morgan fingerprint density at radius 1 is 1.10 bits per heavy atom. The maximum atomic E-state index is 4.26. The molecular formula is C15H15N5S. The molecule has 0 radical (unpaired) electrons. The summed E-state index contributed by atoms with van der Waals surface area (Å²) in [5.74, 6) is 0.934. The van der Waals surface area contributed by atoms with Gasteiger partial charge in [-0.3, -0.25) is 4.90 Å². The maximum Gasteiger partial charge on any atom is 0.173 e. The lowest BCUT2D eigenvalue weighted by Crippen LogP contribution is -2.38. The summed E-state index contributed by atoms with van der Waals surface area (Å²) >= 11 is 1.80. The lowest BCUT2D eigenvalue weighted by atomic mass is 10.0. The Kier molecular flexibility index (Phi) is 3.25. The number of hydrogen-bond acceptors (Lipinski definition) is 5. The Labute approximate surface area is 126 Å². The second kappa shape index (κ2) is 5.38. The normalized spacial score (nSPS) is 18.6. The van der Waals surface area contributed by atoms with E-state index in [1.807, 2.05) is 10.7 Å². The number of fused-ring (bicyclic) bond motifs is 1. The lowest BCUT2D eigenvalue weighted by molar-refractivity contribution is 0.165. The minimum atomic E-state index is 0.122. The van der Waals surface area contributed by atoms with Crippen LogP contribution in [0, 0.1) is 0 Å². The van der Waals surface area contributed by atoms with Crippen molar-refractivity contribution in [2.75, 3.05) is 6.54 Å². The Morgan fingerprint density at radius 2 is 2.00 bits per heavy atom. The number of benzene rings is 1. The van der Waals surface area contributed by atoms with Crippen LogP contribution in [0.15, 0.2) is 47.8 Å². The van der Waals surface area contributed by atoms with E-state index >= 15 is 0 Å². The van der Waals surface area contributed by atoms with Gasteiger partial charge < -0.3 is 0 Å². The van der Waals surface area contributed by atoms with E-state index in [9.17, 15) is 0 Å². The summed E-state index contributed by atoms with van der Waals surface area (Å²) in [7, 11) is 0. The van der Waals surface area contributed by atoms with Gasteiger partial charge in [0.1, 0.15) is 0 Å². The van der Waals surface area contributed by atoms with Crippen molar-refractivity contribution in [1.82, 2.24) is 25.1 Å². The first kappa shape index (κ1) is 12.7. The molecule has 3 aromatic rings. The third kappa shape index (κ3) is 2.36. The number of hydrogen-bond donors (Lipinski definition) is 0. The lowest BCUT2D eigenvalue weighted by Gasteiger charge is -2.34. The molecule has 0 amide bonds. The molecule has 4 rings (SSSR count). The topological polar surface area (TPSA) is 46.8 Å². The molecule has 1 aliphatic rings. The van der Waals surface area contributed by atoms with Gasteiger partial charge in [-0.1, -0.05) is 36.4 Å². The molecule has 0 saturated heterocycles. The van der Waals surface area contributed by atoms with E-state index in [0.29, 0.717) is 0 Å². The van der Waals surface area contributed by atoms with Crippen molar-refractivity contribution in [3.05, 3.63) is 64.1 Å². The van der Waals surface area contributed by atoms with Gasteiger partial charge in [0.25, 0.3) is 0 Å². The van der Waals surface area contributed by atoms with E-state index in [-0.39, 0.29) is 6.04 Å². The summed E-state index contributed by atoms with van der Waals surface area (Å²) in [4.78, 5) is 3.82. The highest BCUT2D eigenvalue weighted by atomic mass is 32.1. The van der Waals surface area contributed by atoms with Gasteiger partial charge in [-0.15, -0.1) is 16.4 Å². The monoisotopic (exact) mass is 297 g/mol. The average Bonchev–Trinajstić information content (AvgIpc) is 3.19. The first-order chi connectivity index (χ1) is 10.4. The highest BCUT2D eigenvalue weighted by Gasteiger charge is 2.31. The van der Waals surface area contributed by atoms with E-state index in [4.69, 9.17) is 0 Å². The van der Waals surface area contributed by atoms with Gasteiger partial charge in [-0.05, 0) is 27.4 Å². The fourth-order valence-corrected chi connectivity index (χ4v) is 3.58. The van der Waals surface area contributed by atoms with E-state index in [0.717, 1.165) is 25.5 Å². The molecule has 21 heavy (non-hydrogen) atoms. The van der Waals surface area contributed by atoms with Crippen LogP contribution < -0.4 is 0 Å². The second-order valence-electron chi connectivity index (χ2n) is 5.12. The van der Waals surface area contributed by atoms with Crippen molar-refractivity contribution in [1.29, 1.82) is 0 Å². The molecule has 5 nitrogen and oxygen atoms in total. The predicted octanol–water partition coefficient (Wildman–Crippen LogP) is 2.34. The number of tetrazole rings is 1. The molecule has 6 heteroatoms. The molecule has 1 atom stereocenters. The minimum Gasteiger partial charge on any atom is -0.283 e. The van der Waals surface area contributed by atoms with Crippen molar-refractivity contribution < 1.29 is 0 Å². The molecule has 1 aliphatic heterocycles. The highest BCUT2D eigenvalue weighted by molar-refractivity contribution is 7.09. The van der Waals surface area contributed by atoms with Crippen LogP contribution >= 0.6 is 11.3 Å². The zero-order chi connectivity index (χ0) is 14.1. The van der Waals surface area contributed by atoms with Crippen molar-refractivity contribution in [2.45, 2.75) is 19.1 Å². The van der Waals surface area contributed by atoms with Crippen molar-refractivity contribution in [3.8, 4) is 0 Å². The molecule has 3 heterocycles. The van der Waals surface area contributed by atoms with E-state index < -0.39 is 0 Å². The zero-order valence-electron chi connectivity index (χ0n) is 11.5. The standard InChI is InChI=1S/C15H15N5S/c1-2-5-12(6-3-1)14-15-16-17-18-20(15)9-8-19(14)11-13-7-4-10-21-13/h1-7,10,14H,8-9,11H2. The Hall–Kier alpha value is -2.05. The van der Waals surface area contributed by atoms with Crippen LogP contribution in [0.4, 0.5) is 0 Å². The van der Waals surface area contributed by atoms with Gasteiger partial charge >= 0.3 is 0 Å². The Balaban J connectivity index is 1.73. The van der Waals surface area contributed by atoms with E-state index in [1.54, 1.807) is 11.3 Å². The van der Waals surface area contributed by atoms with Gasteiger partial charge in [0.15, 0.2) is 5.82 Å². The number of thiophene rings is 1. The number of nitrogens with zero attached hydrogens (tertiary/aromatic N) is 5. The van der Waals surface area contributed by atoms with Crippen molar-refractivity contribution in [3.63, 3.8) is 0 Å². The van der Waals surface area contributed by atoms with Gasteiger partial charge in [0.05, 0.1) is 12.6 Å². The molecule has 0 aliphatic carbocycles. The molecule has 106 valence electrons. The first-order valence-corrected chi connectivity index (χ1v) is 7.87. The number of rotatable bonds is 3. The number of aromatic nitrogens is 4. The van der Waals surface area contributed by atoms with E-state index in [1.165, 1.54) is 10.4 Å². The van der Waals surface area contributed by atoms with Crippen LogP contribution in [0.3, 0.4) is 0 Å². The first-order valence-electron chi connectivity index (χ1n) is 6.99. The van der Waals surface area contributed by atoms with Crippen LogP contribution in [-0.4, -0.2) is 31.7 Å². The molecular weight excluding hydrogens is 282 g/mol. The fourth-order valence-electron chi connectivity index (χ4n) is 2.85. The fraction of sp³-hybridized carbons (Fsp3) is 0.267. The van der Waals surface area contributed by atoms with Crippen LogP contribution in [0.2, 0.25) is 0 Å². The molecule has 0 N–H and O–H groups in total. The van der Waals surface area contributed by atoms with Gasteiger partial charge in [0.2, 0.25) is 0 Å². The molecule has 0 spiro atoms. The minimum absolute atomic E-state index is 0.122. The zero-order valence-corrected chi connectivity index (χ0v) is 12.3. The summed E-state index contributed by atoms with van der Waals surface area (Å²) in [5.41, 5.74) is 1.24. The molecule has 0 fully saturated rings. The summed E-state index contributed by atoms with van der Waals surface area (Å²) in [6, 6.07) is 14.9. The smallest absolute Gasteiger partial charge is 0.173 e. The maximum absolute atomic E-state index is 4.26. The summed E-state index contributed by atoms with van der Waals surface area (Å²) in [5, 5.41) is 14.3. The third-order valence-corrected chi connectivity index (χ3v) is 4.68. The summed E-state index contributed by atoms with van der Waals surface area (Å²) < 4.78 is 1.92. The van der Waals surface area contributed by atoms with Crippen LogP contribution in [-0.2, 0) is 13.1 Å². The highest BCUT2D eigenvalue weighted by Crippen LogP contribution is 2.31. The molecule has 0 saturated carbocycles. The SMILES string of the molecule is c1ccc(C2c3nnnn3CCN2Cc2cccs2)cc1.